The molecule has 0 bridgehead atoms. The summed E-state index contributed by atoms with van der Waals surface area (Å²) in [5.74, 6) is 0.0909. The first kappa shape index (κ1) is 16.1. The summed E-state index contributed by atoms with van der Waals surface area (Å²) in [4.78, 5) is 26.1. The molecule has 0 aromatic rings. The number of rotatable bonds is 4. The van der Waals surface area contributed by atoms with E-state index in [2.05, 4.69) is 5.32 Å². The molecule has 1 atom stereocenters. The molecule has 0 radical (unpaired) electrons. The van der Waals surface area contributed by atoms with Crippen LogP contribution in [0.3, 0.4) is 0 Å². The van der Waals surface area contributed by atoms with E-state index >= 15 is 0 Å². The van der Waals surface area contributed by atoms with E-state index in [0.29, 0.717) is 26.3 Å². The van der Waals surface area contributed by atoms with E-state index in [1.54, 1.807) is 0 Å². The van der Waals surface area contributed by atoms with E-state index in [-0.39, 0.29) is 29.2 Å². The number of ketones is 1. The molecule has 0 aromatic heterocycles. The van der Waals surface area contributed by atoms with Gasteiger partial charge in [0.1, 0.15) is 6.04 Å². The Kier molecular flexibility index (Phi) is 5.50. The van der Waals surface area contributed by atoms with Crippen molar-refractivity contribution in [1.82, 2.24) is 10.2 Å². The first-order valence-corrected chi connectivity index (χ1v) is 6.87. The molecule has 0 saturated carbocycles. The summed E-state index contributed by atoms with van der Waals surface area (Å²) in [6.07, 6.45) is 0. The van der Waals surface area contributed by atoms with Crippen molar-refractivity contribution in [2.24, 2.45) is 5.41 Å². The predicted octanol–water partition coefficient (Wildman–Crippen LogP) is 0.827. The second-order valence-electron chi connectivity index (χ2n) is 6.40. The smallest absolute Gasteiger partial charge is 0.239 e. The largest absolute Gasteiger partial charge is 0.378 e. The third kappa shape index (κ3) is 4.91. The Balaban J connectivity index is 2.67. The summed E-state index contributed by atoms with van der Waals surface area (Å²) < 4.78 is 5.37. The molecule has 1 fully saturated rings. The van der Waals surface area contributed by atoms with E-state index in [1.165, 1.54) is 0 Å². The van der Waals surface area contributed by atoms with Crippen molar-refractivity contribution in [3.05, 3.63) is 0 Å². The maximum atomic E-state index is 12.1. The maximum absolute atomic E-state index is 12.1. The zero-order valence-electron chi connectivity index (χ0n) is 12.7. The minimum atomic E-state index is -0.378. The molecule has 0 aromatic carbocycles. The number of carbonyl (C=O) groups excluding carboxylic acids is 2. The molecule has 1 N–H and O–H groups in total. The molecule has 5 heteroatoms. The molecule has 0 spiro atoms. The van der Waals surface area contributed by atoms with Crippen LogP contribution in [0.15, 0.2) is 0 Å². The standard InChI is InChI=1S/C14H26N2O3/c1-10(2)15-13(18)11-9-19-7-6-16(11)8-12(17)14(3,4)5/h10-11H,6-9H2,1-5H3,(H,15,18). The number of morpholine rings is 1. The van der Waals surface area contributed by atoms with Gasteiger partial charge in [0.25, 0.3) is 0 Å². The van der Waals surface area contributed by atoms with E-state index in [0.717, 1.165) is 0 Å². The second kappa shape index (κ2) is 6.48. The fourth-order valence-electron chi connectivity index (χ4n) is 1.87. The predicted molar refractivity (Wildman–Crippen MR) is 73.9 cm³/mol. The van der Waals surface area contributed by atoms with Gasteiger partial charge in [0.15, 0.2) is 5.78 Å². The summed E-state index contributed by atoms with van der Waals surface area (Å²) in [6.45, 7) is 11.4. The van der Waals surface area contributed by atoms with Crippen molar-refractivity contribution in [3.8, 4) is 0 Å². The van der Waals surface area contributed by atoms with Crippen molar-refractivity contribution in [2.75, 3.05) is 26.3 Å². The van der Waals surface area contributed by atoms with Crippen LogP contribution in [-0.4, -0.2) is 55.0 Å². The fraction of sp³-hybridized carbons (Fsp3) is 0.857. The van der Waals surface area contributed by atoms with Gasteiger partial charge in [0.05, 0.1) is 19.8 Å². The van der Waals surface area contributed by atoms with E-state index < -0.39 is 0 Å². The summed E-state index contributed by atoms with van der Waals surface area (Å²) in [5, 5.41) is 2.88. The van der Waals surface area contributed by atoms with Crippen LogP contribution in [0.5, 0.6) is 0 Å². The van der Waals surface area contributed by atoms with Crippen LogP contribution >= 0.6 is 0 Å². The lowest BCUT2D eigenvalue weighted by molar-refractivity contribution is -0.137. The van der Waals surface area contributed by atoms with Crippen molar-refractivity contribution in [2.45, 2.75) is 46.7 Å². The Hall–Kier alpha value is -0.940. The number of ether oxygens (including phenoxy) is 1. The highest BCUT2D eigenvalue weighted by molar-refractivity contribution is 5.87. The molecule has 1 amide bonds. The molecular formula is C14H26N2O3. The minimum Gasteiger partial charge on any atom is -0.378 e. The zero-order valence-corrected chi connectivity index (χ0v) is 12.7. The highest BCUT2D eigenvalue weighted by Crippen LogP contribution is 2.17. The first-order valence-electron chi connectivity index (χ1n) is 6.87. The van der Waals surface area contributed by atoms with Crippen molar-refractivity contribution in [3.63, 3.8) is 0 Å². The molecule has 1 saturated heterocycles. The first-order chi connectivity index (χ1) is 8.71. The van der Waals surface area contributed by atoms with Gasteiger partial charge < -0.3 is 10.1 Å². The molecule has 1 unspecified atom stereocenters. The fourth-order valence-corrected chi connectivity index (χ4v) is 1.87. The van der Waals surface area contributed by atoms with Crippen LogP contribution in [0.25, 0.3) is 0 Å². The molecule has 1 aliphatic heterocycles. The maximum Gasteiger partial charge on any atom is 0.239 e. The molecule has 0 aliphatic carbocycles. The lowest BCUT2D eigenvalue weighted by Gasteiger charge is -2.35. The van der Waals surface area contributed by atoms with Crippen molar-refractivity contribution < 1.29 is 14.3 Å². The van der Waals surface area contributed by atoms with Gasteiger partial charge in [-0.25, -0.2) is 0 Å². The summed E-state index contributed by atoms with van der Waals surface area (Å²) in [6, 6.07) is -0.267. The third-order valence-electron chi connectivity index (χ3n) is 3.16. The van der Waals surface area contributed by atoms with Crippen molar-refractivity contribution >= 4 is 11.7 Å². The zero-order chi connectivity index (χ0) is 14.6. The molecule has 110 valence electrons. The number of amides is 1. The van der Waals surface area contributed by atoms with E-state index in [1.807, 2.05) is 39.5 Å². The number of nitrogens with zero attached hydrogens (tertiary/aromatic N) is 1. The Morgan fingerprint density at radius 2 is 2.00 bits per heavy atom. The average Bonchev–Trinajstić information content (AvgIpc) is 2.27. The van der Waals surface area contributed by atoms with Crippen LogP contribution in [0.2, 0.25) is 0 Å². The summed E-state index contributed by atoms with van der Waals surface area (Å²) in [5.41, 5.74) is -0.378. The number of carbonyl (C=O) groups is 2. The van der Waals surface area contributed by atoms with Crippen LogP contribution in [0.4, 0.5) is 0 Å². The molecule has 5 nitrogen and oxygen atoms in total. The average molecular weight is 270 g/mol. The quantitative estimate of drug-likeness (QED) is 0.822. The molecule has 19 heavy (non-hydrogen) atoms. The third-order valence-corrected chi connectivity index (χ3v) is 3.16. The molecule has 1 aliphatic rings. The normalized spacial score (nSPS) is 21.5. The number of hydrogen-bond donors (Lipinski definition) is 1. The molecule has 1 heterocycles. The lowest BCUT2D eigenvalue weighted by atomic mass is 9.90. The van der Waals surface area contributed by atoms with Gasteiger partial charge in [0, 0.05) is 18.0 Å². The van der Waals surface area contributed by atoms with Crippen molar-refractivity contribution in [1.29, 1.82) is 0 Å². The Morgan fingerprint density at radius 3 is 2.53 bits per heavy atom. The van der Waals surface area contributed by atoms with Gasteiger partial charge in [-0.05, 0) is 13.8 Å². The van der Waals surface area contributed by atoms with Gasteiger partial charge in [-0.3, -0.25) is 14.5 Å². The highest BCUT2D eigenvalue weighted by Gasteiger charge is 2.33. The number of hydrogen-bond acceptors (Lipinski definition) is 4. The SMILES string of the molecule is CC(C)NC(=O)C1COCCN1CC(=O)C(C)(C)C. The summed E-state index contributed by atoms with van der Waals surface area (Å²) in [7, 11) is 0. The highest BCUT2D eigenvalue weighted by atomic mass is 16.5. The molecule has 1 rings (SSSR count). The van der Waals surface area contributed by atoms with Crippen LogP contribution < -0.4 is 5.32 Å². The van der Waals surface area contributed by atoms with Crippen LogP contribution in [0.1, 0.15) is 34.6 Å². The van der Waals surface area contributed by atoms with Gasteiger partial charge in [-0.1, -0.05) is 20.8 Å². The van der Waals surface area contributed by atoms with Gasteiger partial charge in [0.2, 0.25) is 5.91 Å². The summed E-state index contributed by atoms with van der Waals surface area (Å²) >= 11 is 0. The van der Waals surface area contributed by atoms with Gasteiger partial charge in [-0.2, -0.15) is 0 Å². The van der Waals surface area contributed by atoms with E-state index in [9.17, 15) is 9.59 Å². The Labute approximate surface area is 115 Å². The monoisotopic (exact) mass is 270 g/mol. The van der Waals surface area contributed by atoms with Crippen LogP contribution in [-0.2, 0) is 14.3 Å². The Bertz CT molecular complexity index is 334. The Morgan fingerprint density at radius 1 is 1.37 bits per heavy atom. The van der Waals surface area contributed by atoms with Gasteiger partial charge >= 0.3 is 0 Å². The molecular weight excluding hydrogens is 244 g/mol. The lowest BCUT2D eigenvalue weighted by Crippen LogP contribution is -2.56. The number of Topliss-reactive ketones (excluding diaryl/α,β-unsaturated/α-hetero) is 1. The van der Waals surface area contributed by atoms with E-state index in [4.69, 9.17) is 4.74 Å². The van der Waals surface area contributed by atoms with Crippen LogP contribution in [0, 0.1) is 5.41 Å². The number of nitrogens with one attached hydrogen (secondary N) is 1. The van der Waals surface area contributed by atoms with Gasteiger partial charge in [-0.15, -0.1) is 0 Å². The second-order valence-corrected chi connectivity index (χ2v) is 6.40. The minimum absolute atomic E-state index is 0.0589. The topological polar surface area (TPSA) is 58.6 Å².